The van der Waals surface area contributed by atoms with Gasteiger partial charge < -0.3 is 10.1 Å². The number of aromatic nitrogens is 3. The van der Waals surface area contributed by atoms with Crippen LogP contribution in [-0.4, -0.2) is 22.1 Å². The third kappa shape index (κ3) is 2.92. The topological polar surface area (TPSA) is 83.7 Å². The highest BCUT2D eigenvalue weighted by Crippen LogP contribution is 2.10. The van der Waals surface area contributed by atoms with E-state index in [4.69, 9.17) is 10.00 Å². The lowest BCUT2D eigenvalue weighted by molar-refractivity contribution is 0.397. The van der Waals surface area contributed by atoms with E-state index in [0.717, 1.165) is 5.56 Å². The molecule has 2 rings (SSSR count). The van der Waals surface area contributed by atoms with Gasteiger partial charge in [-0.05, 0) is 17.7 Å². The van der Waals surface area contributed by atoms with Crippen LogP contribution in [0.4, 0.5) is 5.95 Å². The standard InChI is InChI=1S/C12H11N5O/c1-18-11-6-9(2-4-14-11)8-16-12-15-5-3-10(7-13)17-12/h2-6H,8H2,1H3,(H,15,16,17). The first-order valence-corrected chi connectivity index (χ1v) is 5.28. The van der Waals surface area contributed by atoms with Crippen molar-refractivity contribution in [2.24, 2.45) is 0 Å². The number of hydrogen-bond donors (Lipinski definition) is 1. The summed E-state index contributed by atoms with van der Waals surface area (Å²) in [5.41, 5.74) is 1.33. The van der Waals surface area contributed by atoms with E-state index in [2.05, 4.69) is 20.3 Å². The summed E-state index contributed by atoms with van der Waals surface area (Å²) in [6.45, 7) is 0.535. The van der Waals surface area contributed by atoms with Crippen LogP contribution in [0.15, 0.2) is 30.6 Å². The van der Waals surface area contributed by atoms with Gasteiger partial charge in [0.25, 0.3) is 0 Å². The lowest BCUT2D eigenvalue weighted by Gasteiger charge is -2.05. The second-order valence-electron chi connectivity index (χ2n) is 3.44. The Kier molecular flexibility index (Phi) is 3.66. The van der Waals surface area contributed by atoms with Gasteiger partial charge in [0, 0.05) is 25.0 Å². The van der Waals surface area contributed by atoms with Crippen LogP contribution in [0.25, 0.3) is 0 Å². The summed E-state index contributed by atoms with van der Waals surface area (Å²) in [6, 6.07) is 7.20. The number of ether oxygens (including phenoxy) is 1. The molecule has 0 fully saturated rings. The van der Waals surface area contributed by atoms with E-state index in [0.29, 0.717) is 24.1 Å². The molecule has 0 aliphatic heterocycles. The van der Waals surface area contributed by atoms with E-state index in [9.17, 15) is 0 Å². The minimum Gasteiger partial charge on any atom is -0.481 e. The van der Waals surface area contributed by atoms with Gasteiger partial charge in [-0.2, -0.15) is 5.26 Å². The molecule has 0 spiro atoms. The molecule has 0 atom stereocenters. The molecule has 0 saturated heterocycles. The van der Waals surface area contributed by atoms with Crippen molar-refractivity contribution in [1.82, 2.24) is 15.0 Å². The number of nitrogens with zero attached hydrogens (tertiary/aromatic N) is 4. The van der Waals surface area contributed by atoms with E-state index in [-0.39, 0.29) is 0 Å². The first-order valence-electron chi connectivity index (χ1n) is 5.28. The van der Waals surface area contributed by atoms with Gasteiger partial charge in [-0.3, -0.25) is 0 Å². The van der Waals surface area contributed by atoms with Crippen molar-refractivity contribution in [3.63, 3.8) is 0 Å². The van der Waals surface area contributed by atoms with Crippen molar-refractivity contribution in [1.29, 1.82) is 5.26 Å². The third-order valence-electron chi connectivity index (χ3n) is 2.23. The molecule has 6 heteroatoms. The van der Waals surface area contributed by atoms with Crippen molar-refractivity contribution in [2.45, 2.75) is 6.54 Å². The Morgan fingerprint density at radius 3 is 2.94 bits per heavy atom. The van der Waals surface area contributed by atoms with Gasteiger partial charge in [-0.1, -0.05) is 0 Å². The number of hydrogen-bond acceptors (Lipinski definition) is 6. The first kappa shape index (κ1) is 11.8. The van der Waals surface area contributed by atoms with E-state index in [1.807, 2.05) is 18.2 Å². The fraction of sp³-hybridized carbons (Fsp3) is 0.167. The zero-order valence-electron chi connectivity index (χ0n) is 9.79. The van der Waals surface area contributed by atoms with Crippen LogP contribution in [0.1, 0.15) is 11.3 Å². The second kappa shape index (κ2) is 5.59. The molecular formula is C12H11N5O. The molecule has 0 aliphatic rings. The monoisotopic (exact) mass is 241 g/mol. The largest absolute Gasteiger partial charge is 0.481 e. The minimum atomic E-state index is 0.333. The molecule has 2 aromatic heterocycles. The zero-order valence-corrected chi connectivity index (χ0v) is 9.79. The Labute approximate surface area is 104 Å². The number of anilines is 1. The molecule has 0 amide bonds. The molecule has 1 N–H and O–H groups in total. The molecule has 2 heterocycles. The quantitative estimate of drug-likeness (QED) is 0.870. The Morgan fingerprint density at radius 1 is 1.33 bits per heavy atom. The summed E-state index contributed by atoms with van der Waals surface area (Å²) >= 11 is 0. The molecule has 0 aromatic carbocycles. The minimum absolute atomic E-state index is 0.333. The second-order valence-corrected chi connectivity index (χ2v) is 3.44. The molecule has 18 heavy (non-hydrogen) atoms. The lowest BCUT2D eigenvalue weighted by atomic mass is 10.2. The summed E-state index contributed by atoms with van der Waals surface area (Å²) in [5.74, 6) is 0.978. The fourth-order valence-corrected chi connectivity index (χ4v) is 1.36. The van der Waals surface area contributed by atoms with Crippen LogP contribution >= 0.6 is 0 Å². The van der Waals surface area contributed by atoms with E-state index >= 15 is 0 Å². The Balaban J connectivity index is 2.04. The number of pyridine rings is 1. The summed E-state index contributed by atoms with van der Waals surface area (Å²) in [6.07, 6.45) is 3.21. The Bertz CT molecular complexity index is 579. The SMILES string of the molecule is COc1cc(CNc2nccc(C#N)n2)ccn1. The molecule has 0 bridgehead atoms. The molecule has 0 radical (unpaired) electrons. The highest BCUT2D eigenvalue weighted by atomic mass is 16.5. The number of nitrogens with one attached hydrogen (secondary N) is 1. The van der Waals surface area contributed by atoms with E-state index < -0.39 is 0 Å². The van der Waals surface area contributed by atoms with Crippen LogP contribution in [0.3, 0.4) is 0 Å². The summed E-state index contributed by atoms with van der Waals surface area (Å²) in [5, 5.41) is 11.8. The van der Waals surface area contributed by atoms with Crippen molar-refractivity contribution in [3.05, 3.63) is 41.9 Å². The average Bonchev–Trinajstić information content (AvgIpc) is 2.45. The first-order chi connectivity index (χ1) is 8.81. The van der Waals surface area contributed by atoms with Crippen LogP contribution < -0.4 is 10.1 Å². The van der Waals surface area contributed by atoms with Crippen LogP contribution in [0.5, 0.6) is 5.88 Å². The van der Waals surface area contributed by atoms with Gasteiger partial charge in [0.1, 0.15) is 11.8 Å². The number of nitriles is 1. The van der Waals surface area contributed by atoms with Crippen molar-refractivity contribution < 1.29 is 4.74 Å². The summed E-state index contributed by atoms with van der Waals surface area (Å²) in [4.78, 5) is 12.1. The maximum absolute atomic E-state index is 8.72. The predicted molar refractivity (Wildman–Crippen MR) is 64.9 cm³/mol. The van der Waals surface area contributed by atoms with Crippen molar-refractivity contribution in [2.75, 3.05) is 12.4 Å². The van der Waals surface area contributed by atoms with Gasteiger partial charge in [0.05, 0.1) is 7.11 Å². The maximum Gasteiger partial charge on any atom is 0.224 e. The van der Waals surface area contributed by atoms with Crippen LogP contribution in [0.2, 0.25) is 0 Å². The Morgan fingerprint density at radius 2 is 2.17 bits per heavy atom. The maximum atomic E-state index is 8.72. The van der Waals surface area contributed by atoms with E-state index in [1.54, 1.807) is 25.6 Å². The van der Waals surface area contributed by atoms with E-state index in [1.165, 1.54) is 0 Å². The number of methoxy groups -OCH3 is 1. The van der Waals surface area contributed by atoms with Gasteiger partial charge in [-0.25, -0.2) is 15.0 Å². The lowest BCUT2D eigenvalue weighted by Crippen LogP contribution is -2.04. The molecule has 90 valence electrons. The van der Waals surface area contributed by atoms with Crippen molar-refractivity contribution >= 4 is 5.95 Å². The number of rotatable bonds is 4. The smallest absolute Gasteiger partial charge is 0.224 e. The van der Waals surface area contributed by atoms with Gasteiger partial charge in [0.2, 0.25) is 11.8 Å². The molecular weight excluding hydrogens is 230 g/mol. The molecule has 0 unspecified atom stereocenters. The molecule has 0 aliphatic carbocycles. The third-order valence-corrected chi connectivity index (χ3v) is 2.23. The summed E-state index contributed by atoms with van der Waals surface area (Å²) in [7, 11) is 1.57. The average molecular weight is 241 g/mol. The fourth-order valence-electron chi connectivity index (χ4n) is 1.36. The van der Waals surface area contributed by atoms with Gasteiger partial charge >= 0.3 is 0 Å². The zero-order chi connectivity index (χ0) is 12.8. The van der Waals surface area contributed by atoms with Crippen LogP contribution in [0, 0.1) is 11.3 Å². The van der Waals surface area contributed by atoms with Gasteiger partial charge in [0.15, 0.2) is 0 Å². The van der Waals surface area contributed by atoms with Crippen LogP contribution in [-0.2, 0) is 6.54 Å². The molecule has 2 aromatic rings. The predicted octanol–water partition coefficient (Wildman–Crippen LogP) is 1.36. The Hall–Kier alpha value is -2.68. The van der Waals surface area contributed by atoms with Crippen molar-refractivity contribution in [3.8, 4) is 11.9 Å². The normalized spacial score (nSPS) is 9.56. The highest BCUT2D eigenvalue weighted by molar-refractivity contribution is 5.32. The molecule has 0 saturated carbocycles. The molecule has 6 nitrogen and oxygen atoms in total. The highest BCUT2D eigenvalue weighted by Gasteiger charge is 2.00. The van der Waals surface area contributed by atoms with Gasteiger partial charge in [-0.15, -0.1) is 0 Å². The summed E-state index contributed by atoms with van der Waals surface area (Å²) < 4.78 is 5.03.